The molecule has 45 heavy (non-hydrogen) atoms. The summed E-state index contributed by atoms with van der Waals surface area (Å²) in [5, 5.41) is 13.6. The largest absolute Gasteiger partial charge is 1.00 e. The molecule has 0 bridgehead atoms. The molecular weight excluding hydrogens is 632 g/mol. The molecule has 0 saturated heterocycles. The number of thiocarbonyl (C=S) groups is 2. The third-order valence-electron chi connectivity index (χ3n) is 5.69. The Morgan fingerprint density at radius 2 is 0.600 bits per heavy atom. The Morgan fingerprint density at radius 1 is 0.422 bits per heavy atom. The van der Waals surface area contributed by atoms with Crippen LogP contribution in [0.3, 0.4) is 0 Å². The molecule has 0 fully saturated rings. The second-order valence-corrected chi connectivity index (χ2v) is 9.80. The smallest absolute Gasteiger partial charge is 1.00 e. The molecule has 4 N–H and O–H groups in total. The van der Waals surface area contributed by atoms with Gasteiger partial charge in [-0.05, 0) is 149 Å². The minimum absolute atomic E-state index is 0. The van der Waals surface area contributed by atoms with Crippen LogP contribution in [0.4, 0.5) is 22.7 Å². The van der Waals surface area contributed by atoms with Crippen molar-refractivity contribution in [3.8, 4) is 23.0 Å². The second kappa shape index (κ2) is 21.8. The van der Waals surface area contributed by atoms with E-state index in [0.29, 0.717) is 36.7 Å². The van der Waals surface area contributed by atoms with Crippen molar-refractivity contribution in [2.75, 3.05) is 47.7 Å². The van der Waals surface area contributed by atoms with Crippen LogP contribution < -0.4 is 91.6 Å². The zero-order chi connectivity index (χ0) is 31.6. The summed E-state index contributed by atoms with van der Waals surface area (Å²) in [5.74, 6) is 3.38. The van der Waals surface area contributed by atoms with Crippen LogP contribution in [0, 0.1) is 0 Å². The van der Waals surface area contributed by atoms with Crippen molar-refractivity contribution in [1.82, 2.24) is 0 Å². The van der Waals surface area contributed by atoms with Crippen molar-refractivity contribution < 1.29 is 71.8 Å². The summed E-state index contributed by atoms with van der Waals surface area (Å²) in [6.07, 6.45) is 0. The van der Waals surface area contributed by atoms with Crippen LogP contribution >= 0.6 is 24.4 Å². The Balaban J connectivity index is 0.000000441. The Hall–Kier alpha value is -2.90. The summed E-state index contributed by atoms with van der Waals surface area (Å²) >= 11 is 10.6. The quantitative estimate of drug-likeness (QED) is 0.111. The number of anilines is 4. The normalized spacial score (nSPS) is 9.69. The summed E-state index contributed by atoms with van der Waals surface area (Å²) in [5.41, 5.74) is 3.64. The van der Waals surface area contributed by atoms with Crippen LogP contribution in [0.5, 0.6) is 23.0 Å². The van der Waals surface area contributed by atoms with Gasteiger partial charge in [0, 0.05) is 22.7 Å². The maximum atomic E-state index is 5.40. The predicted molar refractivity (Wildman–Crippen MR) is 191 cm³/mol. The van der Waals surface area contributed by atoms with Gasteiger partial charge in [-0.1, -0.05) is 0 Å². The molecule has 0 aliphatic rings. The summed E-state index contributed by atoms with van der Waals surface area (Å²) in [6, 6.07) is 30.7. The number of nitrogens with one attached hydrogen (secondary N) is 4. The molecule has 0 amide bonds. The third kappa shape index (κ3) is 14.8. The molecule has 0 aromatic heterocycles. The second-order valence-electron chi connectivity index (χ2n) is 8.99. The van der Waals surface area contributed by atoms with Gasteiger partial charge in [-0.25, -0.2) is 0 Å². The molecular formula is C34H41KN4O4S2. The van der Waals surface area contributed by atoms with Gasteiger partial charge in [-0.2, -0.15) is 0 Å². The summed E-state index contributed by atoms with van der Waals surface area (Å²) in [4.78, 5) is 0. The molecule has 4 aromatic carbocycles. The maximum Gasteiger partial charge on any atom is 1.00 e. The van der Waals surface area contributed by atoms with Gasteiger partial charge in [0.1, 0.15) is 23.0 Å². The van der Waals surface area contributed by atoms with Crippen molar-refractivity contribution in [1.29, 1.82) is 0 Å². The van der Waals surface area contributed by atoms with E-state index in [1.807, 2.05) is 125 Å². The van der Waals surface area contributed by atoms with Gasteiger partial charge in [-0.3, -0.25) is 0 Å². The Labute approximate surface area is 321 Å². The Morgan fingerprint density at radius 3 is 0.756 bits per heavy atom. The molecule has 0 heterocycles. The minimum atomic E-state index is 0. The van der Waals surface area contributed by atoms with Crippen molar-refractivity contribution in [2.24, 2.45) is 0 Å². The van der Waals surface area contributed by atoms with Gasteiger partial charge in [0.05, 0.1) is 26.4 Å². The first-order chi connectivity index (χ1) is 21.4. The van der Waals surface area contributed by atoms with Crippen LogP contribution in [-0.4, -0.2) is 36.7 Å². The Bertz CT molecular complexity index is 1210. The number of benzene rings is 4. The molecule has 0 spiro atoms. The molecule has 8 nitrogen and oxygen atoms in total. The van der Waals surface area contributed by atoms with E-state index in [9.17, 15) is 0 Å². The zero-order valence-electron chi connectivity index (χ0n) is 27.5. The van der Waals surface area contributed by atoms with E-state index >= 15 is 0 Å². The zero-order valence-corrected chi connectivity index (χ0v) is 31.3. The number of rotatable bonds is 12. The van der Waals surface area contributed by atoms with Crippen LogP contribution in [0.2, 0.25) is 0 Å². The Kier molecular flexibility index (Phi) is 18.5. The number of hydrogen-bond donors (Lipinski definition) is 4. The van der Waals surface area contributed by atoms with Crippen LogP contribution in [0.25, 0.3) is 0 Å². The van der Waals surface area contributed by atoms with Gasteiger partial charge in [-0.15, -0.1) is 0 Å². The molecule has 0 atom stereocenters. The molecule has 0 aliphatic heterocycles. The number of hydrogen-bond acceptors (Lipinski definition) is 6. The van der Waals surface area contributed by atoms with Gasteiger partial charge >= 0.3 is 51.4 Å². The minimum Gasteiger partial charge on any atom is -1.00 e. The molecule has 0 radical (unpaired) electrons. The van der Waals surface area contributed by atoms with Crippen LogP contribution in [-0.2, 0) is 0 Å². The monoisotopic (exact) mass is 672 g/mol. The SMILES string of the molecule is CCOc1ccc(NC(=S)Nc2ccc(OCC)cc2)cc1.CCOc1ccc(NC(=S)Nc2ccc(OCC)cc2)cc1.[H-].[K+]. The first-order valence-corrected chi connectivity index (χ1v) is 15.3. The molecule has 234 valence electrons. The fourth-order valence-corrected chi connectivity index (χ4v) is 4.26. The average molecular weight is 673 g/mol. The molecule has 4 aromatic rings. The molecule has 0 saturated carbocycles. The fraction of sp³-hybridized carbons (Fsp3) is 0.235. The molecule has 0 unspecified atom stereocenters. The van der Waals surface area contributed by atoms with E-state index < -0.39 is 0 Å². The third-order valence-corrected chi connectivity index (χ3v) is 6.10. The maximum absolute atomic E-state index is 5.40. The average Bonchev–Trinajstić information content (AvgIpc) is 3.02. The van der Waals surface area contributed by atoms with Gasteiger partial charge in [0.25, 0.3) is 0 Å². The van der Waals surface area contributed by atoms with Gasteiger partial charge in [0.15, 0.2) is 10.2 Å². The van der Waals surface area contributed by atoms with Gasteiger partial charge < -0.3 is 41.6 Å². The van der Waals surface area contributed by atoms with E-state index in [-0.39, 0.29) is 52.8 Å². The van der Waals surface area contributed by atoms with Crippen molar-refractivity contribution in [2.45, 2.75) is 27.7 Å². The molecule has 4 rings (SSSR count). The molecule has 11 heteroatoms. The standard InChI is InChI=1S/2C17H20N2O2S.K.H/c2*1-3-20-15-9-5-13(6-10-15)18-17(22)19-14-7-11-16(12-8-14)21-4-2;;/h2*5-12H,3-4H2,1-2H3,(H2,18,19,22);;/q;;+1;-1. The van der Waals surface area contributed by atoms with E-state index in [4.69, 9.17) is 43.4 Å². The molecule has 0 aliphatic carbocycles. The number of ether oxygens (including phenoxy) is 4. The first kappa shape index (κ1) is 38.3. The van der Waals surface area contributed by atoms with Crippen molar-refractivity contribution >= 4 is 57.4 Å². The van der Waals surface area contributed by atoms with E-state index in [1.165, 1.54) is 0 Å². The van der Waals surface area contributed by atoms with E-state index in [0.717, 1.165) is 45.7 Å². The first-order valence-electron chi connectivity index (χ1n) is 14.5. The summed E-state index contributed by atoms with van der Waals surface area (Å²) in [6.45, 7) is 10.5. The topological polar surface area (TPSA) is 85.0 Å². The fourth-order valence-electron chi connectivity index (χ4n) is 3.79. The summed E-state index contributed by atoms with van der Waals surface area (Å²) in [7, 11) is 0. The van der Waals surface area contributed by atoms with Crippen molar-refractivity contribution in [3.05, 3.63) is 97.1 Å². The predicted octanol–water partition coefficient (Wildman–Crippen LogP) is 5.70. The van der Waals surface area contributed by atoms with E-state index in [1.54, 1.807) is 0 Å². The van der Waals surface area contributed by atoms with E-state index in [2.05, 4.69) is 21.3 Å². The van der Waals surface area contributed by atoms with Crippen LogP contribution in [0.15, 0.2) is 97.1 Å². The van der Waals surface area contributed by atoms with Gasteiger partial charge in [0.2, 0.25) is 0 Å². The van der Waals surface area contributed by atoms with Crippen molar-refractivity contribution in [3.63, 3.8) is 0 Å². The summed E-state index contributed by atoms with van der Waals surface area (Å²) < 4.78 is 21.6. The van der Waals surface area contributed by atoms with Crippen LogP contribution in [0.1, 0.15) is 29.1 Å².